The average molecular weight is 401 g/mol. The third kappa shape index (κ3) is 6.58. The second kappa shape index (κ2) is 9.03. The molecular weight excluding hydrogens is 371 g/mol. The van der Waals surface area contributed by atoms with Crippen LogP contribution in [-0.2, 0) is 12.7 Å². The number of rotatable bonds is 4. The second-order valence-corrected chi connectivity index (χ2v) is 7.92. The number of nitrogens with zero attached hydrogens (tertiary/aromatic N) is 2. The lowest BCUT2D eigenvalue weighted by Gasteiger charge is -2.32. The number of aliphatic hydroxyl groups excluding tert-OH is 1. The number of alkyl halides is 3. The predicted octanol–water partition coefficient (Wildman–Crippen LogP) is 3.80. The Morgan fingerprint density at radius 3 is 2.43 bits per heavy atom. The van der Waals surface area contributed by atoms with E-state index in [0.717, 1.165) is 6.07 Å². The fourth-order valence-corrected chi connectivity index (χ4v) is 3.04. The Balaban J connectivity index is 2.25. The third-order valence-corrected chi connectivity index (χ3v) is 4.31. The van der Waals surface area contributed by atoms with Gasteiger partial charge >= 0.3 is 6.18 Å². The van der Waals surface area contributed by atoms with Gasteiger partial charge in [0.15, 0.2) is 5.96 Å². The number of aliphatic imine (C=N–C) groups is 1. The summed E-state index contributed by atoms with van der Waals surface area (Å²) in [7, 11) is 0. The molecule has 5 nitrogen and oxygen atoms in total. The van der Waals surface area contributed by atoms with Crippen LogP contribution in [0.3, 0.4) is 0 Å². The maximum atomic E-state index is 13.6. The van der Waals surface area contributed by atoms with Crippen molar-refractivity contribution in [3.05, 3.63) is 29.3 Å². The third-order valence-electron chi connectivity index (χ3n) is 4.31. The van der Waals surface area contributed by atoms with Crippen molar-refractivity contribution in [3.63, 3.8) is 0 Å². The van der Waals surface area contributed by atoms with E-state index in [9.17, 15) is 18.3 Å². The first-order valence-corrected chi connectivity index (χ1v) is 9.60. The van der Waals surface area contributed by atoms with Gasteiger partial charge in [-0.05, 0) is 58.2 Å². The Bertz CT molecular complexity index is 676. The fraction of sp³-hybridized carbons (Fsp3) is 0.650. The summed E-state index contributed by atoms with van der Waals surface area (Å²) in [5, 5.41) is 12.8. The number of likely N-dealkylation sites (tertiary alicyclic amines) is 1. The molecular formula is C20H30F3N3O2. The zero-order valence-corrected chi connectivity index (χ0v) is 16.9. The van der Waals surface area contributed by atoms with Crippen LogP contribution in [0.4, 0.5) is 13.2 Å². The van der Waals surface area contributed by atoms with Gasteiger partial charge in [0.25, 0.3) is 0 Å². The van der Waals surface area contributed by atoms with E-state index < -0.39 is 17.3 Å². The lowest BCUT2D eigenvalue weighted by molar-refractivity contribution is -0.138. The number of guanidine groups is 1. The van der Waals surface area contributed by atoms with Gasteiger partial charge in [-0.1, -0.05) is 6.07 Å². The summed E-state index contributed by atoms with van der Waals surface area (Å²) in [6.45, 7) is 9.04. The summed E-state index contributed by atoms with van der Waals surface area (Å²) < 4.78 is 46.3. The number of hydrogen-bond acceptors (Lipinski definition) is 3. The Morgan fingerprint density at radius 1 is 1.25 bits per heavy atom. The molecule has 1 aliphatic heterocycles. The molecule has 0 saturated carbocycles. The zero-order chi connectivity index (χ0) is 20.9. The standard InChI is InChI=1S/C20H30F3N3O2/c1-5-24-18(26-10-8-15(27)9-11-26)25-13-14-6-7-16(28-19(2,3)4)12-17(14)20(21,22)23/h6-7,12,15,27H,5,8-11,13H2,1-4H3,(H,24,25). The summed E-state index contributed by atoms with van der Waals surface area (Å²) in [5.41, 5.74) is -1.22. The summed E-state index contributed by atoms with van der Waals surface area (Å²) >= 11 is 0. The summed E-state index contributed by atoms with van der Waals surface area (Å²) in [5.74, 6) is 0.752. The minimum absolute atomic E-state index is 0.0912. The van der Waals surface area contributed by atoms with Crippen molar-refractivity contribution >= 4 is 5.96 Å². The molecule has 0 aliphatic carbocycles. The van der Waals surface area contributed by atoms with Gasteiger partial charge in [-0.2, -0.15) is 13.2 Å². The zero-order valence-electron chi connectivity index (χ0n) is 16.9. The van der Waals surface area contributed by atoms with Gasteiger partial charge in [-0.3, -0.25) is 0 Å². The van der Waals surface area contributed by atoms with Crippen molar-refractivity contribution < 1.29 is 23.0 Å². The summed E-state index contributed by atoms with van der Waals surface area (Å²) in [6.07, 6.45) is -3.57. The first kappa shape index (κ1) is 22.3. The van der Waals surface area contributed by atoms with Crippen molar-refractivity contribution in [2.45, 2.75) is 65.0 Å². The van der Waals surface area contributed by atoms with Crippen molar-refractivity contribution in [2.24, 2.45) is 4.99 Å². The number of nitrogens with one attached hydrogen (secondary N) is 1. The van der Waals surface area contributed by atoms with Gasteiger partial charge in [0.1, 0.15) is 11.4 Å². The number of hydrogen-bond donors (Lipinski definition) is 2. The molecule has 0 aromatic heterocycles. The molecule has 0 amide bonds. The number of benzene rings is 1. The molecule has 1 aromatic carbocycles. The largest absolute Gasteiger partial charge is 0.488 e. The van der Waals surface area contributed by atoms with Crippen LogP contribution >= 0.6 is 0 Å². The highest BCUT2D eigenvalue weighted by Crippen LogP contribution is 2.35. The first-order valence-electron chi connectivity index (χ1n) is 9.60. The molecule has 8 heteroatoms. The molecule has 0 bridgehead atoms. The Kier molecular flexibility index (Phi) is 7.20. The molecule has 0 spiro atoms. The van der Waals surface area contributed by atoms with Crippen molar-refractivity contribution in [2.75, 3.05) is 19.6 Å². The van der Waals surface area contributed by atoms with Gasteiger partial charge in [0.05, 0.1) is 18.2 Å². The van der Waals surface area contributed by atoms with Gasteiger partial charge in [-0.15, -0.1) is 0 Å². The van der Waals surface area contributed by atoms with E-state index in [2.05, 4.69) is 10.3 Å². The maximum Gasteiger partial charge on any atom is 0.416 e. The van der Waals surface area contributed by atoms with E-state index in [0.29, 0.717) is 38.4 Å². The molecule has 1 heterocycles. The minimum Gasteiger partial charge on any atom is -0.488 e. The van der Waals surface area contributed by atoms with E-state index in [1.807, 2.05) is 11.8 Å². The Hall–Kier alpha value is -1.96. The van der Waals surface area contributed by atoms with Gasteiger partial charge in [-0.25, -0.2) is 4.99 Å². The van der Waals surface area contributed by atoms with Crippen LogP contribution in [0.5, 0.6) is 5.75 Å². The maximum absolute atomic E-state index is 13.6. The highest BCUT2D eigenvalue weighted by molar-refractivity contribution is 5.80. The van der Waals surface area contributed by atoms with Gasteiger partial charge in [0, 0.05) is 19.6 Å². The van der Waals surface area contributed by atoms with E-state index in [4.69, 9.17) is 4.74 Å². The van der Waals surface area contributed by atoms with Crippen LogP contribution in [0.15, 0.2) is 23.2 Å². The van der Waals surface area contributed by atoms with Crippen LogP contribution in [0.2, 0.25) is 0 Å². The van der Waals surface area contributed by atoms with E-state index in [-0.39, 0.29) is 24.0 Å². The van der Waals surface area contributed by atoms with Gasteiger partial charge < -0.3 is 20.1 Å². The molecule has 2 rings (SSSR count). The summed E-state index contributed by atoms with van der Waals surface area (Å²) in [6, 6.07) is 4.02. The van der Waals surface area contributed by atoms with Gasteiger partial charge in [0.2, 0.25) is 0 Å². The van der Waals surface area contributed by atoms with Crippen molar-refractivity contribution in [1.82, 2.24) is 10.2 Å². The number of aliphatic hydroxyl groups is 1. The highest BCUT2D eigenvalue weighted by atomic mass is 19.4. The molecule has 158 valence electrons. The molecule has 1 aromatic rings. The minimum atomic E-state index is -4.49. The predicted molar refractivity (Wildman–Crippen MR) is 103 cm³/mol. The van der Waals surface area contributed by atoms with Crippen LogP contribution in [0, 0.1) is 0 Å². The topological polar surface area (TPSA) is 57.1 Å². The lowest BCUT2D eigenvalue weighted by atomic mass is 10.1. The number of halogens is 3. The van der Waals surface area contributed by atoms with Crippen molar-refractivity contribution in [3.8, 4) is 5.75 Å². The quantitative estimate of drug-likeness (QED) is 0.595. The smallest absolute Gasteiger partial charge is 0.416 e. The molecule has 0 unspecified atom stereocenters. The fourth-order valence-electron chi connectivity index (χ4n) is 3.04. The number of ether oxygens (including phenoxy) is 1. The second-order valence-electron chi connectivity index (χ2n) is 7.92. The molecule has 1 saturated heterocycles. The molecule has 2 N–H and O–H groups in total. The summed E-state index contributed by atoms with van der Waals surface area (Å²) in [4.78, 5) is 6.39. The normalized spacial score (nSPS) is 17.0. The number of piperidine rings is 1. The Labute approximate surface area is 164 Å². The monoisotopic (exact) mass is 401 g/mol. The molecule has 0 radical (unpaired) electrons. The average Bonchev–Trinajstić information content (AvgIpc) is 2.58. The Morgan fingerprint density at radius 2 is 1.89 bits per heavy atom. The molecule has 0 atom stereocenters. The SMILES string of the molecule is CCNC(=NCc1ccc(OC(C)(C)C)cc1C(F)(F)F)N1CCC(O)CC1. The molecule has 1 aliphatic rings. The van der Waals surface area contributed by atoms with Crippen molar-refractivity contribution in [1.29, 1.82) is 0 Å². The molecule has 28 heavy (non-hydrogen) atoms. The van der Waals surface area contributed by atoms with E-state index >= 15 is 0 Å². The van der Waals surface area contributed by atoms with Crippen LogP contribution in [-0.4, -0.2) is 47.3 Å². The van der Waals surface area contributed by atoms with E-state index in [1.165, 1.54) is 6.07 Å². The van der Waals surface area contributed by atoms with Crippen LogP contribution < -0.4 is 10.1 Å². The van der Waals surface area contributed by atoms with Crippen LogP contribution in [0.25, 0.3) is 0 Å². The van der Waals surface area contributed by atoms with E-state index in [1.54, 1.807) is 26.8 Å². The lowest BCUT2D eigenvalue weighted by Crippen LogP contribution is -2.46. The van der Waals surface area contributed by atoms with Crippen LogP contribution in [0.1, 0.15) is 51.7 Å². The first-order chi connectivity index (χ1) is 13.0. The highest BCUT2D eigenvalue weighted by Gasteiger charge is 2.34. The molecule has 1 fully saturated rings.